The van der Waals surface area contributed by atoms with E-state index in [1.165, 1.54) is 22.0 Å². The van der Waals surface area contributed by atoms with E-state index >= 15 is 0 Å². The Morgan fingerprint density at radius 3 is 2.70 bits per heavy atom. The molecule has 0 aliphatic carbocycles. The van der Waals surface area contributed by atoms with E-state index < -0.39 is 17.6 Å². The third-order valence-corrected chi connectivity index (χ3v) is 4.85. The second kappa shape index (κ2) is 6.23. The molecule has 0 fully saturated rings. The highest BCUT2D eigenvalue weighted by Crippen LogP contribution is 2.35. The van der Waals surface area contributed by atoms with Crippen molar-refractivity contribution in [1.29, 1.82) is 0 Å². The topological polar surface area (TPSA) is 78.3 Å². The van der Waals surface area contributed by atoms with Crippen molar-refractivity contribution in [3.8, 4) is 27.6 Å². The fourth-order valence-corrected chi connectivity index (χ4v) is 3.43. The largest absolute Gasteiger partial charge is 0.497 e. The van der Waals surface area contributed by atoms with Crippen LogP contribution >= 0.6 is 11.3 Å². The van der Waals surface area contributed by atoms with Gasteiger partial charge in [-0.2, -0.15) is 18.3 Å². The SMILES string of the molecule is COc1cccc(-c2nn3cc(-c4cnc(N)c(C(F)(F)F)c4)nc3s2)c1. The first-order valence-corrected chi connectivity index (χ1v) is 8.50. The number of ether oxygens (including phenoxy) is 1. The number of pyridine rings is 1. The molecule has 27 heavy (non-hydrogen) atoms. The molecule has 3 heterocycles. The third-order valence-electron chi connectivity index (χ3n) is 3.88. The summed E-state index contributed by atoms with van der Waals surface area (Å²) in [5, 5.41) is 5.16. The average molecular weight is 391 g/mol. The van der Waals surface area contributed by atoms with Gasteiger partial charge in [0.05, 0.1) is 24.6 Å². The minimum Gasteiger partial charge on any atom is -0.497 e. The zero-order valence-corrected chi connectivity index (χ0v) is 14.7. The van der Waals surface area contributed by atoms with Crippen LogP contribution in [-0.2, 0) is 6.18 Å². The van der Waals surface area contributed by atoms with Crippen LogP contribution in [0.25, 0.3) is 26.8 Å². The Morgan fingerprint density at radius 2 is 2.00 bits per heavy atom. The van der Waals surface area contributed by atoms with Gasteiger partial charge in [-0.1, -0.05) is 23.5 Å². The van der Waals surface area contributed by atoms with E-state index in [0.29, 0.717) is 16.4 Å². The summed E-state index contributed by atoms with van der Waals surface area (Å²) in [6, 6.07) is 8.35. The van der Waals surface area contributed by atoms with Gasteiger partial charge in [-0.3, -0.25) is 0 Å². The first-order valence-electron chi connectivity index (χ1n) is 7.69. The van der Waals surface area contributed by atoms with Gasteiger partial charge in [-0.05, 0) is 18.2 Å². The summed E-state index contributed by atoms with van der Waals surface area (Å²) < 4.78 is 45.8. The average Bonchev–Trinajstić information content (AvgIpc) is 3.20. The number of rotatable bonds is 3. The Balaban J connectivity index is 1.72. The van der Waals surface area contributed by atoms with Crippen molar-refractivity contribution in [2.45, 2.75) is 6.18 Å². The molecule has 0 aliphatic rings. The quantitative estimate of drug-likeness (QED) is 0.568. The molecule has 4 rings (SSSR count). The molecular formula is C17H12F3N5OS. The lowest BCUT2D eigenvalue weighted by atomic mass is 10.1. The van der Waals surface area contributed by atoms with Crippen LogP contribution in [-0.4, -0.2) is 26.7 Å². The molecule has 0 bridgehead atoms. The molecule has 0 amide bonds. The molecule has 10 heteroatoms. The molecule has 0 unspecified atom stereocenters. The lowest BCUT2D eigenvalue weighted by Gasteiger charge is -2.09. The highest BCUT2D eigenvalue weighted by Gasteiger charge is 2.34. The van der Waals surface area contributed by atoms with E-state index in [2.05, 4.69) is 15.1 Å². The predicted molar refractivity (Wildman–Crippen MR) is 95.5 cm³/mol. The van der Waals surface area contributed by atoms with E-state index in [9.17, 15) is 13.2 Å². The highest BCUT2D eigenvalue weighted by atomic mass is 32.1. The minimum atomic E-state index is -4.58. The van der Waals surface area contributed by atoms with Crippen LogP contribution in [0.2, 0.25) is 0 Å². The summed E-state index contributed by atoms with van der Waals surface area (Å²) in [6.45, 7) is 0. The summed E-state index contributed by atoms with van der Waals surface area (Å²) in [4.78, 5) is 8.55. The maximum Gasteiger partial charge on any atom is 0.419 e. The third kappa shape index (κ3) is 3.19. The zero-order valence-electron chi connectivity index (χ0n) is 13.9. The van der Waals surface area contributed by atoms with Gasteiger partial charge in [0.15, 0.2) is 0 Å². The van der Waals surface area contributed by atoms with Crippen LogP contribution in [0.4, 0.5) is 19.0 Å². The number of imidazole rings is 1. The maximum atomic E-state index is 13.0. The molecule has 0 aliphatic heterocycles. The monoisotopic (exact) mass is 391 g/mol. The van der Waals surface area contributed by atoms with Gasteiger partial charge in [0.1, 0.15) is 16.6 Å². The van der Waals surface area contributed by atoms with Gasteiger partial charge in [0.25, 0.3) is 0 Å². The van der Waals surface area contributed by atoms with Crippen LogP contribution < -0.4 is 10.5 Å². The molecule has 4 aromatic rings. The predicted octanol–water partition coefficient (Wildman–Crippen LogP) is 4.13. The summed E-state index contributed by atoms with van der Waals surface area (Å²) in [5.41, 5.74) is 5.77. The van der Waals surface area contributed by atoms with Crippen molar-refractivity contribution in [2.24, 2.45) is 0 Å². The Kier molecular flexibility index (Phi) is 3.99. The summed E-state index contributed by atoms with van der Waals surface area (Å²) in [6.07, 6.45) is -1.76. The van der Waals surface area contributed by atoms with Gasteiger partial charge in [-0.15, -0.1) is 0 Å². The van der Waals surface area contributed by atoms with Gasteiger partial charge in [0, 0.05) is 17.3 Å². The van der Waals surface area contributed by atoms with Crippen molar-refractivity contribution in [3.63, 3.8) is 0 Å². The van der Waals surface area contributed by atoms with E-state index in [-0.39, 0.29) is 5.56 Å². The standard InChI is InChI=1S/C17H12F3N5OS/c1-26-11-4-2-3-9(5-11)15-24-25-8-13(23-16(25)27-15)10-6-12(17(18,19)20)14(21)22-7-10/h2-8H,1H3,(H2,21,22). The number of nitrogen functional groups attached to an aromatic ring is 1. The number of anilines is 1. The number of aromatic nitrogens is 4. The van der Waals surface area contributed by atoms with E-state index in [1.54, 1.807) is 13.3 Å². The van der Waals surface area contributed by atoms with Gasteiger partial charge in [0.2, 0.25) is 4.96 Å². The van der Waals surface area contributed by atoms with E-state index in [4.69, 9.17) is 10.5 Å². The lowest BCUT2D eigenvalue weighted by Crippen LogP contribution is -2.10. The summed E-state index contributed by atoms with van der Waals surface area (Å²) in [7, 11) is 1.58. The van der Waals surface area contributed by atoms with Crippen molar-refractivity contribution >= 4 is 22.1 Å². The normalized spacial score (nSPS) is 11.9. The van der Waals surface area contributed by atoms with Crippen LogP contribution in [0.15, 0.2) is 42.7 Å². The fraction of sp³-hybridized carbons (Fsp3) is 0.118. The highest BCUT2D eigenvalue weighted by molar-refractivity contribution is 7.19. The maximum absolute atomic E-state index is 13.0. The second-order valence-corrected chi connectivity index (χ2v) is 6.60. The van der Waals surface area contributed by atoms with E-state index in [1.807, 2.05) is 24.3 Å². The van der Waals surface area contributed by atoms with E-state index in [0.717, 1.165) is 16.6 Å². The minimum absolute atomic E-state index is 0.220. The van der Waals surface area contributed by atoms with Crippen LogP contribution in [0.5, 0.6) is 5.75 Å². The van der Waals surface area contributed by atoms with Gasteiger partial charge >= 0.3 is 6.18 Å². The Labute approximate surface area is 155 Å². The Morgan fingerprint density at radius 1 is 1.19 bits per heavy atom. The van der Waals surface area contributed by atoms with Crippen LogP contribution in [0.1, 0.15) is 5.56 Å². The number of nitrogens with two attached hydrogens (primary N) is 1. The van der Waals surface area contributed by atoms with Gasteiger partial charge < -0.3 is 10.5 Å². The number of alkyl halides is 3. The molecule has 0 spiro atoms. The summed E-state index contributed by atoms with van der Waals surface area (Å²) >= 11 is 1.32. The molecule has 0 saturated carbocycles. The summed E-state index contributed by atoms with van der Waals surface area (Å²) in [5.74, 6) is 0.138. The molecule has 138 valence electrons. The smallest absolute Gasteiger partial charge is 0.419 e. The molecule has 0 atom stereocenters. The number of nitrogens with zero attached hydrogens (tertiary/aromatic N) is 4. The first kappa shape index (κ1) is 17.3. The number of methoxy groups -OCH3 is 1. The molecule has 2 N–H and O–H groups in total. The first-order chi connectivity index (χ1) is 12.8. The number of hydrogen-bond donors (Lipinski definition) is 1. The molecule has 1 aromatic carbocycles. The van der Waals surface area contributed by atoms with Crippen molar-refractivity contribution < 1.29 is 17.9 Å². The number of halogens is 3. The number of hydrogen-bond acceptors (Lipinski definition) is 6. The Bertz CT molecular complexity index is 1100. The van der Waals surface area contributed by atoms with Crippen LogP contribution in [0, 0.1) is 0 Å². The number of benzene rings is 1. The van der Waals surface area contributed by atoms with Crippen molar-refractivity contribution in [2.75, 3.05) is 12.8 Å². The number of fused-ring (bicyclic) bond motifs is 1. The lowest BCUT2D eigenvalue weighted by molar-refractivity contribution is -0.137. The molecular weight excluding hydrogens is 379 g/mol. The van der Waals surface area contributed by atoms with Crippen molar-refractivity contribution in [1.82, 2.24) is 19.6 Å². The molecule has 3 aromatic heterocycles. The molecule has 0 radical (unpaired) electrons. The Hall–Kier alpha value is -3.14. The zero-order chi connectivity index (χ0) is 19.2. The van der Waals surface area contributed by atoms with Crippen molar-refractivity contribution in [3.05, 3.63) is 48.3 Å². The van der Waals surface area contributed by atoms with Crippen LogP contribution in [0.3, 0.4) is 0 Å². The van der Waals surface area contributed by atoms with Gasteiger partial charge in [-0.25, -0.2) is 14.5 Å². The fourth-order valence-electron chi connectivity index (χ4n) is 2.55. The second-order valence-electron chi connectivity index (χ2n) is 5.65. The molecule has 6 nitrogen and oxygen atoms in total. The molecule has 0 saturated heterocycles.